The summed E-state index contributed by atoms with van der Waals surface area (Å²) in [6.45, 7) is 1.89. The topological polar surface area (TPSA) is 64.7 Å². The van der Waals surface area contributed by atoms with Gasteiger partial charge < -0.3 is 5.73 Å². The maximum absolute atomic E-state index is 5.84. The van der Waals surface area contributed by atoms with Crippen LogP contribution in [0.25, 0.3) is 22.3 Å². The van der Waals surface area contributed by atoms with Gasteiger partial charge in [-0.2, -0.15) is 0 Å². The summed E-state index contributed by atoms with van der Waals surface area (Å²) in [6, 6.07) is 9.81. The largest absolute Gasteiger partial charge is 0.383 e. The van der Waals surface area contributed by atoms with Gasteiger partial charge in [0, 0.05) is 28.9 Å². The minimum absolute atomic E-state index is 0.515. The van der Waals surface area contributed by atoms with Gasteiger partial charge in [-0.15, -0.1) is 0 Å². The Morgan fingerprint density at radius 1 is 1.06 bits per heavy atom. The van der Waals surface area contributed by atoms with Gasteiger partial charge in [0.15, 0.2) is 5.82 Å². The van der Waals surface area contributed by atoms with E-state index in [0.29, 0.717) is 11.6 Å². The zero-order chi connectivity index (χ0) is 12.5. The molecule has 0 radical (unpaired) electrons. The highest BCUT2D eigenvalue weighted by Crippen LogP contribution is 2.25. The third-order valence-corrected chi connectivity index (χ3v) is 2.90. The maximum atomic E-state index is 5.84. The molecule has 3 aromatic rings. The number of hydrogen-bond acceptors (Lipinski definition) is 4. The molecule has 0 saturated heterocycles. The smallest absolute Gasteiger partial charge is 0.162 e. The van der Waals surface area contributed by atoms with Crippen LogP contribution in [0.5, 0.6) is 0 Å². The van der Waals surface area contributed by atoms with E-state index in [0.717, 1.165) is 22.0 Å². The molecule has 0 aliphatic carbocycles. The van der Waals surface area contributed by atoms with E-state index in [1.807, 2.05) is 37.3 Å². The highest BCUT2D eigenvalue weighted by Gasteiger charge is 2.07. The van der Waals surface area contributed by atoms with Crippen LogP contribution in [0.1, 0.15) is 5.56 Å². The molecule has 18 heavy (non-hydrogen) atoms. The molecular weight excluding hydrogens is 224 g/mol. The first-order valence-corrected chi connectivity index (χ1v) is 5.69. The van der Waals surface area contributed by atoms with Crippen LogP contribution in [0.4, 0.5) is 5.82 Å². The van der Waals surface area contributed by atoms with Crippen molar-refractivity contribution >= 4 is 16.7 Å². The lowest BCUT2D eigenvalue weighted by atomic mass is 10.1. The van der Waals surface area contributed by atoms with Crippen molar-refractivity contribution in [3.63, 3.8) is 0 Å². The molecule has 0 unspecified atom stereocenters. The Balaban J connectivity index is 2.28. The molecule has 0 fully saturated rings. The molecule has 2 aromatic heterocycles. The number of nitrogen functional groups attached to an aromatic ring is 1. The van der Waals surface area contributed by atoms with Crippen molar-refractivity contribution in [2.45, 2.75) is 6.92 Å². The molecule has 0 bridgehead atoms. The number of nitrogens with two attached hydrogens (primary N) is 1. The summed E-state index contributed by atoms with van der Waals surface area (Å²) >= 11 is 0. The van der Waals surface area contributed by atoms with Gasteiger partial charge in [0.2, 0.25) is 0 Å². The Morgan fingerprint density at radius 3 is 2.78 bits per heavy atom. The lowest BCUT2D eigenvalue weighted by Gasteiger charge is -2.06. The number of aromatic nitrogens is 3. The van der Waals surface area contributed by atoms with Crippen LogP contribution >= 0.6 is 0 Å². The third kappa shape index (κ3) is 1.68. The second-order valence-electron chi connectivity index (χ2n) is 4.14. The number of aryl methyl sites for hydroxylation is 1. The summed E-state index contributed by atoms with van der Waals surface area (Å²) in [4.78, 5) is 13.0. The van der Waals surface area contributed by atoms with Gasteiger partial charge in [-0.1, -0.05) is 18.2 Å². The molecule has 0 aliphatic rings. The molecule has 4 heteroatoms. The van der Waals surface area contributed by atoms with E-state index in [9.17, 15) is 0 Å². The molecule has 0 saturated carbocycles. The first kappa shape index (κ1) is 10.7. The number of pyridine rings is 1. The second kappa shape index (κ2) is 4.07. The predicted octanol–water partition coefficient (Wildman–Crippen LogP) is 2.58. The van der Waals surface area contributed by atoms with E-state index in [2.05, 4.69) is 15.0 Å². The standard InChI is InChI=1S/C14H12N4/c1-9-8-17-14(18-13(9)15)11-4-2-6-12-10(11)5-3-7-16-12/h2-8H,1H3,(H2,15,17,18). The molecule has 0 atom stereocenters. The average molecular weight is 236 g/mol. The van der Waals surface area contributed by atoms with Crippen LogP contribution in [-0.2, 0) is 0 Å². The number of hydrogen-bond donors (Lipinski definition) is 1. The average Bonchev–Trinajstić information content (AvgIpc) is 2.41. The van der Waals surface area contributed by atoms with Gasteiger partial charge in [0.1, 0.15) is 5.82 Å². The molecule has 2 N–H and O–H groups in total. The van der Waals surface area contributed by atoms with Gasteiger partial charge in [-0.05, 0) is 19.1 Å². The van der Waals surface area contributed by atoms with E-state index >= 15 is 0 Å². The van der Waals surface area contributed by atoms with E-state index in [-0.39, 0.29) is 0 Å². The molecule has 4 nitrogen and oxygen atoms in total. The number of fused-ring (bicyclic) bond motifs is 1. The van der Waals surface area contributed by atoms with Crippen molar-refractivity contribution in [2.24, 2.45) is 0 Å². The minimum atomic E-state index is 0.515. The number of anilines is 1. The van der Waals surface area contributed by atoms with E-state index in [4.69, 9.17) is 5.73 Å². The highest BCUT2D eigenvalue weighted by molar-refractivity contribution is 5.92. The van der Waals surface area contributed by atoms with Crippen molar-refractivity contribution in [3.05, 3.63) is 48.3 Å². The molecule has 3 rings (SSSR count). The van der Waals surface area contributed by atoms with Gasteiger partial charge in [0.05, 0.1) is 5.52 Å². The fourth-order valence-corrected chi connectivity index (χ4v) is 1.88. The summed E-state index contributed by atoms with van der Waals surface area (Å²) in [7, 11) is 0. The molecule has 0 amide bonds. The zero-order valence-electron chi connectivity index (χ0n) is 9.96. The second-order valence-corrected chi connectivity index (χ2v) is 4.14. The Morgan fingerprint density at radius 2 is 1.94 bits per heavy atom. The molecule has 0 spiro atoms. The van der Waals surface area contributed by atoms with Crippen LogP contribution in [0, 0.1) is 6.92 Å². The van der Waals surface area contributed by atoms with Gasteiger partial charge in [-0.3, -0.25) is 4.98 Å². The van der Waals surface area contributed by atoms with E-state index in [1.54, 1.807) is 12.4 Å². The SMILES string of the molecule is Cc1cnc(-c2cccc3ncccc23)nc1N. The van der Waals surface area contributed by atoms with E-state index < -0.39 is 0 Å². The highest BCUT2D eigenvalue weighted by atomic mass is 14.9. The number of rotatable bonds is 1. The lowest BCUT2D eigenvalue weighted by Crippen LogP contribution is -1.98. The van der Waals surface area contributed by atoms with Crippen molar-refractivity contribution in [1.82, 2.24) is 15.0 Å². The van der Waals surface area contributed by atoms with Crippen molar-refractivity contribution < 1.29 is 0 Å². The Labute approximate surface area is 105 Å². The Hall–Kier alpha value is -2.49. The van der Waals surface area contributed by atoms with Gasteiger partial charge in [0.25, 0.3) is 0 Å². The van der Waals surface area contributed by atoms with Crippen LogP contribution in [0.15, 0.2) is 42.7 Å². The summed E-state index contributed by atoms with van der Waals surface area (Å²) in [5.41, 5.74) is 8.60. The fraction of sp³-hybridized carbons (Fsp3) is 0.0714. The van der Waals surface area contributed by atoms with Gasteiger partial charge >= 0.3 is 0 Å². The summed E-state index contributed by atoms with van der Waals surface area (Å²) < 4.78 is 0. The monoisotopic (exact) mass is 236 g/mol. The quantitative estimate of drug-likeness (QED) is 0.705. The Kier molecular flexibility index (Phi) is 2.41. The number of benzene rings is 1. The van der Waals surface area contributed by atoms with Gasteiger partial charge in [-0.25, -0.2) is 9.97 Å². The van der Waals surface area contributed by atoms with Crippen LogP contribution < -0.4 is 5.73 Å². The summed E-state index contributed by atoms with van der Waals surface area (Å²) in [5.74, 6) is 1.15. The molecule has 88 valence electrons. The predicted molar refractivity (Wildman–Crippen MR) is 71.9 cm³/mol. The van der Waals surface area contributed by atoms with Crippen LogP contribution in [0.3, 0.4) is 0 Å². The molecule has 0 aliphatic heterocycles. The van der Waals surface area contributed by atoms with Crippen molar-refractivity contribution in [2.75, 3.05) is 5.73 Å². The summed E-state index contributed by atoms with van der Waals surface area (Å²) in [5, 5.41) is 1.03. The zero-order valence-corrected chi connectivity index (χ0v) is 9.96. The van der Waals surface area contributed by atoms with Crippen LogP contribution in [0.2, 0.25) is 0 Å². The van der Waals surface area contributed by atoms with Crippen LogP contribution in [-0.4, -0.2) is 15.0 Å². The third-order valence-electron chi connectivity index (χ3n) is 2.90. The molecular formula is C14H12N4. The Bertz CT molecular complexity index is 717. The van der Waals surface area contributed by atoms with Crippen molar-refractivity contribution in [1.29, 1.82) is 0 Å². The molecule has 2 heterocycles. The van der Waals surface area contributed by atoms with E-state index in [1.165, 1.54) is 0 Å². The maximum Gasteiger partial charge on any atom is 0.162 e. The molecule has 1 aromatic carbocycles. The normalized spacial score (nSPS) is 10.7. The number of nitrogens with zero attached hydrogens (tertiary/aromatic N) is 3. The van der Waals surface area contributed by atoms with Crippen molar-refractivity contribution in [3.8, 4) is 11.4 Å². The minimum Gasteiger partial charge on any atom is -0.383 e. The fourth-order valence-electron chi connectivity index (χ4n) is 1.88. The lowest BCUT2D eigenvalue weighted by molar-refractivity contribution is 1.15. The first-order chi connectivity index (χ1) is 8.75. The first-order valence-electron chi connectivity index (χ1n) is 5.69. The summed E-state index contributed by atoms with van der Waals surface area (Å²) in [6.07, 6.45) is 3.52.